The topological polar surface area (TPSA) is 33.1 Å². The standard InChI is InChI=1S/C8H10NO/c1-6-3-4-8(5-9-6)7(2)10/h3-5,7,10H,1H2,2H3/t7-/m0/s1. The molecule has 2 heteroatoms. The van der Waals surface area contributed by atoms with Crippen LogP contribution in [0.1, 0.15) is 24.3 Å². The molecule has 0 bridgehead atoms. The van der Waals surface area contributed by atoms with Gasteiger partial charge in [-0.05, 0) is 25.5 Å². The Balaban J connectivity index is 2.89. The summed E-state index contributed by atoms with van der Waals surface area (Å²) in [6.45, 7) is 5.34. The van der Waals surface area contributed by atoms with Crippen LogP contribution in [0.2, 0.25) is 0 Å². The van der Waals surface area contributed by atoms with Crippen molar-refractivity contribution >= 4 is 0 Å². The van der Waals surface area contributed by atoms with E-state index in [1.165, 1.54) is 0 Å². The number of aliphatic hydroxyl groups is 1. The highest BCUT2D eigenvalue weighted by molar-refractivity contribution is 5.16. The molecule has 0 aliphatic heterocycles. The highest BCUT2D eigenvalue weighted by Gasteiger charge is 1.98. The summed E-state index contributed by atoms with van der Waals surface area (Å²) in [4.78, 5) is 3.93. The summed E-state index contributed by atoms with van der Waals surface area (Å²) in [7, 11) is 0. The summed E-state index contributed by atoms with van der Waals surface area (Å²) in [5, 5.41) is 9.05. The molecular weight excluding hydrogens is 126 g/mol. The second kappa shape index (κ2) is 2.80. The third-order valence-electron chi connectivity index (χ3n) is 1.33. The Morgan fingerprint density at radius 1 is 1.60 bits per heavy atom. The fourth-order valence-electron chi connectivity index (χ4n) is 0.683. The number of hydrogen-bond donors (Lipinski definition) is 1. The van der Waals surface area contributed by atoms with Crippen LogP contribution in [-0.2, 0) is 0 Å². The van der Waals surface area contributed by atoms with Crippen LogP contribution in [0.5, 0.6) is 0 Å². The summed E-state index contributed by atoms with van der Waals surface area (Å²) in [5.74, 6) is 0. The Morgan fingerprint density at radius 2 is 2.30 bits per heavy atom. The molecule has 1 aromatic heterocycles. The van der Waals surface area contributed by atoms with Gasteiger partial charge in [0.2, 0.25) is 0 Å². The Kier molecular flexibility index (Phi) is 2.02. The van der Waals surface area contributed by atoms with E-state index in [-0.39, 0.29) is 0 Å². The molecule has 0 fully saturated rings. The lowest BCUT2D eigenvalue weighted by atomic mass is 10.2. The van der Waals surface area contributed by atoms with Gasteiger partial charge < -0.3 is 5.11 Å². The third-order valence-corrected chi connectivity index (χ3v) is 1.33. The quantitative estimate of drug-likeness (QED) is 0.631. The maximum absolute atomic E-state index is 9.05. The average Bonchev–Trinajstić information content (AvgIpc) is 1.88. The molecule has 1 N–H and O–H groups in total. The van der Waals surface area contributed by atoms with Crippen LogP contribution < -0.4 is 0 Å². The molecule has 53 valence electrons. The first-order valence-electron chi connectivity index (χ1n) is 3.16. The fourth-order valence-corrected chi connectivity index (χ4v) is 0.683. The van der Waals surface area contributed by atoms with Crippen LogP contribution in [0.3, 0.4) is 0 Å². The van der Waals surface area contributed by atoms with Crippen LogP contribution in [-0.4, -0.2) is 10.1 Å². The van der Waals surface area contributed by atoms with E-state index in [4.69, 9.17) is 5.11 Å². The average molecular weight is 136 g/mol. The van der Waals surface area contributed by atoms with Gasteiger partial charge >= 0.3 is 0 Å². The molecule has 2 nitrogen and oxygen atoms in total. The summed E-state index contributed by atoms with van der Waals surface area (Å²) >= 11 is 0. The molecule has 1 atom stereocenters. The van der Waals surface area contributed by atoms with Crippen molar-refractivity contribution in [3.8, 4) is 0 Å². The van der Waals surface area contributed by atoms with Crippen LogP contribution in [0.4, 0.5) is 0 Å². The summed E-state index contributed by atoms with van der Waals surface area (Å²) in [5.41, 5.74) is 1.55. The molecule has 0 saturated carbocycles. The van der Waals surface area contributed by atoms with E-state index in [0.717, 1.165) is 11.3 Å². The van der Waals surface area contributed by atoms with Gasteiger partial charge in [0.05, 0.1) is 6.10 Å². The van der Waals surface area contributed by atoms with Gasteiger partial charge in [-0.1, -0.05) is 6.07 Å². The van der Waals surface area contributed by atoms with Crippen molar-refractivity contribution < 1.29 is 5.11 Å². The van der Waals surface area contributed by atoms with Crippen molar-refractivity contribution in [2.75, 3.05) is 0 Å². The zero-order chi connectivity index (χ0) is 7.56. The monoisotopic (exact) mass is 136 g/mol. The Labute approximate surface area is 60.5 Å². The third kappa shape index (κ3) is 1.54. The molecule has 1 radical (unpaired) electrons. The molecule has 1 rings (SSSR count). The normalized spacial score (nSPS) is 13.1. The first-order chi connectivity index (χ1) is 4.70. The van der Waals surface area contributed by atoms with Gasteiger partial charge in [0.15, 0.2) is 0 Å². The van der Waals surface area contributed by atoms with Gasteiger partial charge in [0.25, 0.3) is 0 Å². The second-order valence-electron chi connectivity index (χ2n) is 2.26. The molecule has 10 heavy (non-hydrogen) atoms. The van der Waals surface area contributed by atoms with E-state index in [2.05, 4.69) is 11.9 Å². The minimum Gasteiger partial charge on any atom is -0.389 e. The number of hydrogen-bond acceptors (Lipinski definition) is 2. The van der Waals surface area contributed by atoms with Crippen LogP contribution >= 0.6 is 0 Å². The lowest BCUT2D eigenvalue weighted by Gasteiger charge is -2.02. The van der Waals surface area contributed by atoms with Crippen LogP contribution in [0, 0.1) is 6.92 Å². The van der Waals surface area contributed by atoms with Gasteiger partial charge in [0, 0.05) is 11.9 Å². The maximum atomic E-state index is 9.05. The maximum Gasteiger partial charge on any atom is 0.0776 e. The van der Waals surface area contributed by atoms with Crippen molar-refractivity contribution in [3.05, 3.63) is 36.5 Å². The van der Waals surface area contributed by atoms with Crippen molar-refractivity contribution in [2.45, 2.75) is 13.0 Å². The number of nitrogens with zero attached hydrogens (tertiary/aromatic N) is 1. The molecule has 0 spiro atoms. The van der Waals surface area contributed by atoms with Gasteiger partial charge in [-0.15, -0.1) is 0 Å². The Bertz CT molecular complexity index is 203. The zero-order valence-corrected chi connectivity index (χ0v) is 5.91. The highest BCUT2D eigenvalue weighted by atomic mass is 16.3. The van der Waals surface area contributed by atoms with Gasteiger partial charge in [-0.3, -0.25) is 4.98 Å². The minimum atomic E-state index is -0.437. The SMILES string of the molecule is [CH2]c1ccc([C@H](C)O)cn1. The first kappa shape index (κ1) is 7.22. The van der Waals surface area contributed by atoms with E-state index in [0.29, 0.717) is 0 Å². The lowest BCUT2D eigenvalue weighted by molar-refractivity contribution is 0.199. The number of aliphatic hydroxyl groups excluding tert-OH is 1. The fraction of sp³-hybridized carbons (Fsp3) is 0.250. The van der Waals surface area contributed by atoms with E-state index >= 15 is 0 Å². The molecule has 0 amide bonds. The smallest absolute Gasteiger partial charge is 0.0776 e. The van der Waals surface area contributed by atoms with Crippen LogP contribution in [0.25, 0.3) is 0 Å². The number of rotatable bonds is 1. The zero-order valence-electron chi connectivity index (χ0n) is 5.91. The molecule has 1 aromatic rings. The summed E-state index contributed by atoms with van der Waals surface area (Å²) < 4.78 is 0. The molecule has 0 saturated heterocycles. The lowest BCUT2D eigenvalue weighted by Crippen LogP contribution is -1.91. The van der Waals surface area contributed by atoms with Crippen molar-refractivity contribution in [1.29, 1.82) is 0 Å². The van der Waals surface area contributed by atoms with E-state index < -0.39 is 6.10 Å². The second-order valence-corrected chi connectivity index (χ2v) is 2.26. The van der Waals surface area contributed by atoms with Gasteiger partial charge in [0.1, 0.15) is 0 Å². The summed E-state index contributed by atoms with van der Waals surface area (Å²) in [6, 6.07) is 3.60. The molecule has 0 aromatic carbocycles. The van der Waals surface area contributed by atoms with Crippen LogP contribution in [0.15, 0.2) is 18.3 Å². The molecule has 0 aliphatic carbocycles. The predicted molar refractivity (Wildman–Crippen MR) is 39.3 cm³/mol. The largest absolute Gasteiger partial charge is 0.389 e. The molecular formula is C8H10NO. The molecule has 1 heterocycles. The van der Waals surface area contributed by atoms with Gasteiger partial charge in [-0.2, -0.15) is 0 Å². The van der Waals surface area contributed by atoms with E-state index in [1.54, 1.807) is 19.2 Å². The van der Waals surface area contributed by atoms with Gasteiger partial charge in [-0.25, -0.2) is 0 Å². The minimum absolute atomic E-state index is 0.437. The van der Waals surface area contributed by atoms with Crippen molar-refractivity contribution in [1.82, 2.24) is 4.98 Å². The number of pyridine rings is 1. The molecule has 0 aliphatic rings. The first-order valence-corrected chi connectivity index (χ1v) is 3.16. The van der Waals surface area contributed by atoms with Crippen molar-refractivity contribution in [3.63, 3.8) is 0 Å². The van der Waals surface area contributed by atoms with E-state index in [9.17, 15) is 0 Å². The van der Waals surface area contributed by atoms with E-state index in [1.807, 2.05) is 6.07 Å². The Morgan fingerprint density at radius 3 is 2.70 bits per heavy atom. The Hall–Kier alpha value is -0.890. The van der Waals surface area contributed by atoms with Crippen molar-refractivity contribution in [2.24, 2.45) is 0 Å². The predicted octanol–water partition coefficient (Wildman–Crippen LogP) is 1.32. The summed E-state index contributed by atoms with van der Waals surface area (Å²) in [6.07, 6.45) is 1.19. The number of aromatic nitrogens is 1. The highest BCUT2D eigenvalue weighted by Crippen LogP contribution is 2.09. The molecule has 0 unspecified atom stereocenters.